The molecule has 1 aromatic heterocycles. The van der Waals surface area contributed by atoms with Crippen molar-refractivity contribution in [3.8, 4) is 0 Å². The molecule has 0 spiro atoms. The lowest BCUT2D eigenvalue weighted by Crippen LogP contribution is -2.42. The van der Waals surface area contributed by atoms with Crippen LogP contribution in [0.4, 0.5) is 0 Å². The SMILES string of the molecule is C[C@H](NC(=O)c1cnn(C)n1)C(N)=O. The maximum Gasteiger partial charge on any atom is 0.274 e. The number of hydrogen-bond acceptors (Lipinski definition) is 4. The summed E-state index contributed by atoms with van der Waals surface area (Å²) in [4.78, 5) is 23.2. The maximum atomic E-state index is 11.3. The number of aromatic nitrogens is 3. The van der Waals surface area contributed by atoms with Gasteiger partial charge in [-0.05, 0) is 6.92 Å². The van der Waals surface area contributed by atoms with Crippen LogP contribution in [0.15, 0.2) is 6.20 Å². The number of primary amides is 1. The first-order chi connectivity index (χ1) is 6.50. The monoisotopic (exact) mass is 197 g/mol. The van der Waals surface area contributed by atoms with E-state index in [1.807, 2.05) is 0 Å². The third-order valence-corrected chi connectivity index (χ3v) is 1.61. The van der Waals surface area contributed by atoms with Crippen molar-refractivity contribution in [1.29, 1.82) is 0 Å². The summed E-state index contributed by atoms with van der Waals surface area (Å²) in [6.45, 7) is 1.50. The average molecular weight is 197 g/mol. The Morgan fingerprint density at radius 3 is 2.71 bits per heavy atom. The Morgan fingerprint density at radius 1 is 1.64 bits per heavy atom. The van der Waals surface area contributed by atoms with Crippen molar-refractivity contribution in [2.75, 3.05) is 0 Å². The highest BCUT2D eigenvalue weighted by atomic mass is 16.2. The minimum Gasteiger partial charge on any atom is -0.368 e. The Hall–Kier alpha value is -1.92. The number of nitrogens with one attached hydrogen (secondary N) is 1. The molecule has 0 aromatic carbocycles. The van der Waals surface area contributed by atoms with Gasteiger partial charge in [0.2, 0.25) is 5.91 Å². The van der Waals surface area contributed by atoms with E-state index < -0.39 is 17.9 Å². The van der Waals surface area contributed by atoms with E-state index in [4.69, 9.17) is 5.73 Å². The van der Waals surface area contributed by atoms with Gasteiger partial charge in [0.15, 0.2) is 5.69 Å². The van der Waals surface area contributed by atoms with Crippen LogP contribution in [0.1, 0.15) is 17.4 Å². The van der Waals surface area contributed by atoms with E-state index in [1.54, 1.807) is 7.05 Å². The van der Waals surface area contributed by atoms with Crippen LogP contribution in [0.25, 0.3) is 0 Å². The van der Waals surface area contributed by atoms with Gasteiger partial charge in [-0.1, -0.05) is 0 Å². The van der Waals surface area contributed by atoms with Crippen LogP contribution in [0.3, 0.4) is 0 Å². The number of nitrogens with two attached hydrogens (primary N) is 1. The fraction of sp³-hybridized carbons (Fsp3) is 0.429. The topological polar surface area (TPSA) is 103 Å². The van der Waals surface area contributed by atoms with E-state index in [2.05, 4.69) is 15.5 Å². The van der Waals surface area contributed by atoms with Gasteiger partial charge in [-0.3, -0.25) is 9.59 Å². The van der Waals surface area contributed by atoms with Crippen LogP contribution in [0.5, 0.6) is 0 Å². The molecule has 0 aliphatic rings. The molecule has 0 unspecified atom stereocenters. The van der Waals surface area contributed by atoms with Crippen LogP contribution < -0.4 is 11.1 Å². The second-order valence-electron chi connectivity index (χ2n) is 2.82. The second kappa shape index (κ2) is 3.86. The summed E-state index contributed by atoms with van der Waals surface area (Å²) >= 11 is 0. The fourth-order valence-corrected chi connectivity index (χ4v) is 0.792. The second-order valence-corrected chi connectivity index (χ2v) is 2.82. The van der Waals surface area contributed by atoms with E-state index in [-0.39, 0.29) is 5.69 Å². The van der Waals surface area contributed by atoms with Crippen molar-refractivity contribution >= 4 is 11.8 Å². The number of rotatable bonds is 3. The quantitative estimate of drug-likeness (QED) is 0.610. The number of hydrogen-bond donors (Lipinski definition) is 2. The van der Waals surface area contributed by atoms with Crippen molar-refractivity contribution < 1.29 is 9.59 Å². The summed E-state index contributed by atoms with van der Waals surface area (Å²) in [6, 6.07) is -0.718. The molecule has 0 aliphatic heterocycles. The summed E-state index contributed by atoms with van der Waals surface area (Å²) < 4.78 is 0. The molecule has 1 aromatic rings. The molecule has 7 nitrogen and oxygen atoms in total. The predicted octanol–water partition coefficient (Wildman–Crippen LogP) is -1.58. The van der Waals surface area contributed by atoms with E-state index in [0.717, 1.165) is 0 Å². The van der Waals surface area contributed by atoms with Crippen molar-refractivity contribution in [2.24, 2.45) is 12.8 Å². The zero-order valence-electron chi connectivity index (χ0n) is 7.89. The normalized spacial score (nSPS) is 12.1. The van der Waals surface area contributed by atoms with E-state index in [9.17, 15) is 9.59 Å². The lowest BCUT2D eigenvalue weighted by Gasteiger charge is -2.07. The van der Waals surface area contributed by atoms with Crippen LogP contribution in [-0.2, 0) is 11.8 Å². The Kier molecular flexibility index (Phi) is 2.80. The molecule has 2 amide bonds. The van der Waals surface area contributed by atoms with Gasteiger partial charge in [-0.2, -0.15) is 9.90 Å². The minimum atomic E-state index is -0.718. The number of nitrogens with zero attached hydrogens (tertiary/aromatic N) is 3. The summed E-state index contributed by atoms with van der Waals surface area (Å²) in [5.41, 5.74) is 5.13. The molecule has 3 N–H and O–H groups in total. The highest BCUT2D eigenvalue weighted by molar-refractivity contribution is 5.95. The maximum absolute atomic E-state index is 11.3. The third-order valence-electron chi connectivity index (χ3n) is 1.61. The van der Waals surface area contributed by atoms with Gasteiger partial charge >= 0.3 is 0 Å². The van der Waals surface area contributed by atoms with Gasteiger partial charge in [-0.25, -0.2) is 0 Å². The van der Waals surface area contributed by atoms with Gasteiger partial charge in [0, 0.05) is 7.05 Å². The lowest BCUT2D eigenvalue weighted by molar-refractivity contribution is -0.119. The molecule has 14 heavy (non-hydrogen) atoms. The number of amides is 2. The molecule has 0 bridgehead atoms. The first-order valence-electron chi connectivity index (χ1n) is 3.97. The lowest BCUT2D eigenvalue weighted by atomic mass is 10.3. The number of aryl methyl sites for hydroxylation is 1. The summed E-state index contributed by atoms with van der Waals surface area (Å²) in [5.74, 6) is -1.06. The molecule has 1 atom stereocenters. The number of carbonyl (C=O) groups excluding carboxylic acids is 2. The minimum absolute atomic E-state index is 0.153. The van der Waals surface area contributed by atoms with Crippen molar-refractivity contribution in [1.82, 2.24) is 20.3 Å². The largest absolute Gasteiger partial charge is 0.368 e. The molecule has 0 saturated heterocycles. The smallest absolute Gasteiger partial charge is 0.274 e. The average Bonchev–Trinajstić information content (AvgIpc) is 2.51. The molecule has 0 saturated carbocycles. The zero-order valence-corrected chi connectivity index (χ0v) is 7.89. The molecule has 0 aliphatic carbocycles. The molecule has 1 rings (SSSR count). The van der Waals surface area contributed by atoms with E-state index in [0.29, 0.717) is 0 Å². The Bertz CT molecular complexity index is 359. The van der Waals surface area contributed by atoms with Crippen LogP contribution in [-0.4, -0.2) is 32.9 Å². The van der Waals surface area contributed by atoms with Crippen LogP contribution >= 0.6 is 0 Å². The highest BCUT2D eigenvalue weighted by Crippen LogP contribution is 1.91. The van der Waals surface area contributed by atoms with Gasteiger partial charge < -0.3 is 11.1 Å². The standard InChI is InChI=1S/C7H11N5O2/c1-4(6(8)13)10-7(14)5-3-9-12(2)11-5/h3-4H,1-2H3,(H2,8,13)(H,10,14)/t4-/m0/s1. The van der Waals surface area contributed by atoms with Gasteiger partial charge in [0.05, 0.1) is 6.20 Å². The zero-order chi connectivity index (χ0) is 10.7. The van der Waals surface area contributed by atoms with Crippen LogP contribution in [0.2, 0.25) is 0 Å². The predicted molar refractivity (Wildman–Crippen MR) is 47.1 cm³/mol. The Labute approximate surface area is 80.3 Å². The molecule has 0 fully saturated rings. The van der Waals surface area contributed by atoms with Crippen molar-refractivity contribution in [2.45, 2.75) is 13.0 Å². The fourth-order valence-electron chi connectivity index (χ4n) is 0.792. The molecule has 7 heteroatoms. The highest BCUT2D eigenvalue weighted by Gasteiger charge is 2.15. The molecule has 0 radical (unpaired) electrons. The van der Waals surface area contributed by atoms with E-state index >= 15 is 0 Å². The number of carbonyl (C=O) groups is 2. The van der Waals surface area contributed by atoms with E-state index in [1.165, 1.54) is 17.9 Å². The Balaban J connectivity index is 2.63. The van der Waals surface area contributed by atoms with Crippen molar-refractivity contribution in [3.63, 3.8) is 0 Å². The molecular formula is C7H11N5O2. The third kappa shape index (κ3) is 2.28. The summed E-state index contributed by atoms with van der Waals surface area (Å²) in [5, 5.41) is 9.86. The Morgan fingerprint density at radius 2 is 2.29 bits per heavy atom. The summed E-state index contributed by atoms with van der Waals surface area (Å²) in [6.07, 6.45) is 1.31. The molecule has 1 heterocycles. The van der Waals surface area contributed by atoms with Crippen molar-refractivity contribution in [3.05, 3.63) is 11.9 Å². The van der Waals surface area contributed by atoms with Gasteiger partial charge in [0.25, 0.3) is 5.91 Å². The molecule has 76 valence electrons. The first-order valence-corrected chi connectivity index (χ1v) is 3.97. The van der Waals surface area contributed by atoms with Crippen LogP contribution in [0, 0.1) is 0 Å². The first kappa shape index (κ1) is 10.2. The van der Waals surface area contributed by atoms with Gasteiger partial charge in [0.1, 0.15) is 6.04 Å². The van der Waals surface area contributed by atoms with Gasteiger partial charge in [-0.15, -0.1) is 5.10 Å². The molecular weight excluding hydrogens is 186 g/mol. The summed E-state index contributed by atoms with van der Waals surface area (Å²) in [7, 11) is 1.59.